The van der Waals surface area contributed by atoms with Crippen molar-refractivity contribution in [2.45, 2.75) is 45.2 Å². The van der Waals surface area contributed by atoms with Crippen LogP contribution in [0.4, 0.5) is 0 Å². The summed E-state index contributed by atoms with van der Waals surface area (Å²) in [7, 11) is -0.473. The molecule has 2 aliphatic rings. The van der Waals surface area contributed by atoms with Crippen LogP contribution in [-0.4, -0.2) is 43.2 Å². The van der Waals surface area contributed by atoms with E-state index in [0.29, 0.717) is 11.9 Å². The number of nitrogens with zero attached hydrogens (tertiary/aromatic N) is 1. The maximum atomic E-state index is 5.41. The van der Waals surface area contributed by atoms with Crippen molar-refractivity contribution in [1.29, 1.82) is 0 Å². The Kier molecular flexibility index (Phi) is 11.7. The standard InChI is InChI=1S/C22H23N2P.C4H9NO.C3H8/c1-4-10-19(11-5-1)18-24-17-16-23-22(24)25(20-12-6-2-7-13-20)21-14-8-3-9-15-21;5-4-1-2-6-3-4;1-3-2/h1-15,22-23H,16-18H2;4H,1-3,5H2;3H2,1-2H3/t22-;;/m1../s1. The Morgan fingerprint density at radius 2 is 1.41 bits per heavy atom. The molecule has 4 nitrogen and oxygen atoms in total. The molecule has 2 saturated heterocycles. The average Bonchev–Trinajstić information content (AvgIpc) is 3.54. The quantitative estimate of drug-likeness (QED) is 0.525. The van der Waals surface area contributed by atoms with Crippen molar-refractivity contribution in [2.24, 2.45) is 5.73 Å². The number of hydrogen-bond donors (Lipinski definition) is 2. The molecule has 2 atom stereocenters. The minimum atomic E-state index is -0.473. The zero-order valence-corrected chi connectivity index (χ0v) is 21.5. The molecule has 3 N–H and O–H groups in total. The number of hydrogen-bond acceptors (Lipinski definition) is 4. The molecule has 0 amide bonds. The molecule has 3 aromatic rings. The summed E-state index contributed by atoms with van der Waals surface area (Å²) in [6, 6.07) is 33.1. The molecule has 182 valence electrons. The number of nitrogens with one attached hydrogen (secondary N) is 1. The van der Waals surface area contributed by atoms with E-state index in [1.54, 1.807) is 0 Å². The van der Waals surface area contributed by atoms with E-state index in [0.717, 1.165) is 39.3 Å². The first-order chi connectivity index (χ1) is 16.7. The summed E-state index contributed by atoms with van der Waals surface area (Å²) in [6.07, 6.45) is 2.29. The number of nitrogens with two attached hydrogens (primary N) is 1. The summed E-state index contributed by atoms with van der Waals surface area (Å²) in [5.41, 5.74) is 6.79. The van der Waals surface area contributed by atoms with Crippen LogP contribution in [0, 0.1) is 0 Å². The Morgan fingerprint density at radius 1 is 0.882 bits per heavy atom. The summed E-state index contributed by atoms with van der Waals surface area (Å²) in [4.78, 5) is 2.60. The molecule has 2 aliphatic heterocycles. The summed E-state index contributed by atoms with van der Waals surface area (Å²) in [5, 5.41) is 6.64. The van der Waals surface area contributed by atoms with Crippen molar-refractivity contribution in [3.05, 3.63) is 96.6 Å². The van der Waals surface area contributed by atoms with Crippen LogP contribution in [-0.2, 0) is 11.3 Å². The zero-order chi connectivity index (χ0) is 24.0. The van der Waals surface area contributed by atoms with Gasteiger partial charge in [0, 0.05) is 32.3 Å². The lowest BCUT2D eigenvalue weighted by Crippen LogP contribution is -2.39. The van der Waals surface area contributed by atoms with Gasteiger partial charge in [-0.05, 0) is 30.5 Å². The Bertz CT molecular complexity index is 865. The van der Waals surface area contributed by atoms with Gasteiger partial charge in [0.05, 0.1) is 12.5 Å². The van der Waals surface area contributed by atoms with Gasteiger partial charge < -0.3 is 10.5 Å². The average molecular weight is 478 g/mol. The lowest BCUT2D eigenvalue weighted by molar-refractivity contribution is 0.194. The van der Waals surface area contributed by atoms with Gasteiger partial charge in [-0.25, -0.2) is 0 Å². The van der Waals surface area contributed by atoms with E-state index in [1.807, 2.05) is 0 Å². The first-order valence-corrected chi connectivity index (χ1v) is 13.9. The van der Waals surface area contributed by atoms with Gasteiger partial charge in [-0.2, -0.15) is 0 Å². The summed E-state index contributed by atoms with van der Waals surface area (Å²) in [6.45, 7) is 9.02. The molecule has 5 rings (SSSR count). The van der Waals surface area contributed by atoms with Gasteiger partial charge in [-0.1, -0.05) is 111 Å². The van der Waals surface area contributed by atoms with Gasteiger partial charge in [0.15, 0.2) is 0 Å². The normalized spacial score (nSPS) is 19.8. The van der Waals surface area contributed by atoms with E-state index >= 15 is 0 Å². The van der Waals surface area contributed by atoms with Gasteiger partial charge in [0.2, 0.25) is 0 Å². The van der Waals surface area contributed by atoms with E-state index in [4.69, 9.17) is 10.5 Å². The smallest absolute Gasteiger partial charge is 0.0887 e. The number of rotatable bonds is 5. The molecular formula is C29H40N3OP. The van der Waals surface area contributed by atoms with E-state index in [-0.39, 0.29) is 0 Å². The predicted octanol–water partition coefficient (Wildman–Crippen LogP) is 4.66. The molecule has 34 heavy (non-hydrogen) atoms. The molecule has 0 radical (unpaired) electrons. The van der Waals surface area contributed by atoms with Crippen LogP contribution >= 0.6 is 7.92 Å². The van der Waals surface area contributed by atoms with Crippen LogP contribution in [0.3, 0.4) is 0 Å². The zero-order valence-electron chi connectivity index (χ0n) is 20.6. The first kappa shape index (κ1) is 26.5. The third kappa shape index (κ3) is 8.30. The Balaban J connectivity index is 0.000000305. The number of benzene rings is 3. The Hall–Kier alpha value is -2.07. The van der Waals surface area contributed by atoms with Crippen molar-refractivity contribution in [3.8, 4) is 0 Å². The lowest BCUT2D eigenvalue weighted by Gasteiger charge is -2.32. The molecule has 2 heterocycles. The molecule has 3 aromatic carbocycles. The fraction of sp³-hybridized carbons (Fsp3) is 0.379. The minimum absolute atomic E-state index is 0.324. The van der Waals surface area contributed by atoms with Crippen molar-refractivity contribution in [2.75, 3.05) is 26.3 Å². The minimum Gasteiger partial charge on any atom is -0.380 e. The van der Waals surface area contributed by atoms with Crippen molar-refractivity contribution in [1.82, 2.24) is 10.2 Å². The Labute approximate surface area is 207 Å². The van der Waals surface area contributed by atoms with E-state index in [2.05, 4.69) is 115 Å². The van der Waals surface area contributed by atoms with Crippen molar-refractivity contribution < 1.29 is 4.74 Å². The lowest BCUT2D eigenvalue weighted by atomic mass is 10.2. The molecule has 0 saturated carbocycles. The molecule has 5 heteroatoms. The van der Waals surface area contributed by atoms with Crippen LogP contribution in [0.1, 0.15) is 32.3 Å². The molecule has 0 bridgehead atoms. The van der Waals surface area contributed by atoms with Crippen LogP contribution in [0.2, 0.25) is 0 Å². The van der Waals surface area contributed by atoms with Gasteiger partial charge >= 0.3 is 0 Å². The Morgan fingerprint density at radius 3 is 1.85 bits per heavy atom. The monoisotopic (exact) mass is 477 g/mol. The van der Waals surface area contributed by atoms with Crippen molar-refractivity contribution in [3.63, 3.8) is 0 Å². The highest BCUT2D eigenvalue weighted by Crippen LogP contribution is 2.41. The summed E-state index contributed by atoms with van der Waals surface area (Å²) in [5.74, 6) is 0.375. The maximum absolute atomic E-state index is 5.41. The molecule has 1 unspecified atom stereocenters. The maximum Gasteiger partial charge on any atom is 0.0887 e. The summed E-state index contributed by atoms with van der Waals surface area (Å²) >= 11 is 0. The first-order valence-electron chi connectivity index (χ1n) is 12.5. The van der Waals surface area contributed by atoms with Crippen LogP contribution in [0.15, 0.2) is 91.0 Å². The molecule has 0 aliphatic carbocycles. The third-order valence-corrected chi connectivity index (χ3v) is 8.29. The van der Waals surface area contributed by atoms with E-state index in [1.165, 1.54) is 22.6 Å². The van der Waals surface area contributed by atoms with Gasteiger partial charge in [0.25, 0.3) is 0 Å². The predicted molar refractivity (Wildman–Crippen MR) is 147 cm³/mol. The highest BCUT2D eigenvalue weighted by atomic mass is 31.1. The molecular weight excluding hydrogens is 437 g/mol. The molecule has 2 fully saturated rings. The van der Waals surface area contributed by atoms with Gasteiger partial charge in [0.1, 0.15) is 0 Å². The van der Waals surface area contributed by atoms with Crippen molar-refractivity contribution >= 4 is 18.5 Å². The third-order valence-electron chi connectivity index (χ3n) is 5.58. The largest absolute Gasteiger partial charge is 0.380 e. The summed E-state index contributed by atoms with van der Waals surface area (Å²) < 4.78 is 4.93. The second-order valence-electron chi connectivity index (χ2n) is 8.66. The van der Waals surface area contributed by atoms with Crippen LogP contribution in [0.5, 0.6) is 0 Å². The molecule has 0 aromatic heterocycles. The SMILES string of the molecule is CCC.NC1CCOC1.c1ccc(CN2CCN[C@H]2P(c2ccccc2)c2ccccc2)cc1. The van der Waals surface area contributed by atoms with E-state index in [9.17, 15) is 0 Å². The molecule has 0 spiro atoms. The van der Waals surface area contributed by atoms with Crippen LogP contribution in [0.25, 0.3) is 0 Å². The second-order valence-corrected chi connectivity index (χ2v) is 10.9. The highest BCUT2D eigenvalue weighted by molar-refractivity contribution is 7.73. The second kappa shape index (κ2) is 15.0. The van der Waals surface area contributed by atoms with E-state index < -0.39 is 7.92 Å². The number of ether oxygens (including phenoxy) is 1. The topological polar surface area (TPSA) is 50.5 Å². The fourth-order valence-corrected chi connectivity index (χ4v) is 6.67. The van der Waals surface area contributed by atoms with Gasteiger partial charge in [-0.3, -0.25) is 10.2 Å². The van der Waals surface area contributed by atoms with Crippen LogP contribution < -0.4 is 21.7 Å². The fourth-order valence-electron chi connectivity index (χ4n) is 3.99. The van der Waals surface area contributed by atoms with Gasteiger partial charge in [-0.15, -0.1) is 0 Å². The highest BCUT2D eigenvalue weighted by Gasteiger charge is 2.33.